The summed E-state index contributed by atoms with van der Waals surface area (Å²) in [5, 5.41) is 0.0209. The van der Waals surface area contributed by atoms with Gasteiger partial charge in [0.05, 0.1) is 5.02 Å². The molecule has 0 radical (unpaired) electrons. The highest BCUT2D eigenvalue weighted by Crippen LogP contribution is 2.30. The summed E-state index contributed by atoms with van der Waals surface area (Å²) in [5.41, 5.74) is 7.06. The molecule has 0 atom stereocenters. The van der Waals surface area contributed by atoms with Gasteiger partial charge in [-0.2, -0.15) is 0 Å². The number of ether oxygens (including phenoxy) is 1. The third-order valence-corrected chi connectivity index (χ3v) is 2.73. The maximum absolute atomic E-state index is 13.7. The van der Waals surface area contributed by atoms with Crippen molar-refractivity contribution in [3.63, 3.8) is 0 Å². The first-order chi connectivity index (χ1) is 8.61. The van der Waals surface area contributed by atoms with Crippen LogP contribution in [-0.4, -0.2) is 4.98 Å². The molecule has 0 aliphatic heterocycles. The first-order valence-electron chi connectivity index (χ1n) is 5.39. The molecule has 0 unspecified atom stereocenters. The molecule has 0 spiro atoms. The SMILES string of the molecule is Cc1cc(Oc2cccc(Cl)c2F)c(CN)cn1. The number of hydrogen-bond acceptors (Lipinski definition) is 3. The first kappa shape index (κ1) is 12.8. The Kier molecular flexibility index (Phi) is 3.79. The number of nitrogens with two attached hydrogens (primary N) is 1. The van der Waals surface area contributed by atoms with Gasteiger partial charge >= 0.3 is 0 Å². The lowest BCUT2D eigenvalue weighted by molar-refractivity contribution is 0.437. The third kappa shape index (κ3) is 2.60. The van der Waals surface area contributed by atoms with Gasteiger partial charge in [0.2, 0.25) is 0 Å². The molecule has 18 heavy (non-hydrogen) atoms. The Hall–Kier alpha value is -1.65. The number of hydrogen-bond donors (Lipinski definition) is 1. The van der Waals surface area contributed by atoms with Gasteiger partial charge in [0, 0.05) is 30.1 Å². The highest BCUT2D eigenvalue weighted by Gasteiger charge is 2.11. The van der Waals surface area contributed by atoms with Crippen LogP contribution in [0.2, 0.25) is 5.02 Å². The van der Waals surface area contributed by atoms with Crippen molar-refractivity contribution in [1.82, 2.24) is 4.98 Å². The number of halogens is 2. The Balaban J connectivity index is 2.39. The summed E-state index contributed by atoms with van der Waals surface area (Å²) in [7, 11) is 0. The molecular formula is C13H12ClFN2O. The Labute approximate surface area is 109 Å². The van der Waals surface area contributed by atoms with Gasteiger partial charge in [-0.15, -0.1) is 0 Å². The quantitative estimate of drug-likeness (QED) is 0.926. The number of rotatable bonds is 3. The lowest BCUT2D eigenvalue weighted by atomic mass is 10.2. The van der Waals surface area contributed by atoms with Crippen LogP contribution in [-0.2, 0) is 6.54 Å². The first-order valence-corrected chi connectivity index (χ1v) is 5.77. The summed E-state index contributed by atoms with van der Waals surface area (Å²) in [6.07, 6.45) is 1.62. The van der Waals surface area contributed by atoms with Crippen molar-refractivity contribution in [1.29, 1.82) is 0 Å². The summed E-state index contributed by atoms with van der Waals surface area (Å²) in [5.74, 6) is -0.0226. The van der Waals surface area contributed by atoms with E-state index < -0.39 is 5.82 Å². The molecule has 0 aliphatic rings. The number of benzene rings is 1. The Morgan fingerprint density at radius 1 is 1.39 bits per heavy atom. The standard InChI is InChI=1S/C13H12ClFN2O/c1-8-5-12(9(6-16)7-17-8)18-11-4-2-3-10(14)13(11)15/h2-5,7H,6,16H2,1H3. The number of aromatic nitrogens is 1. The van der Waals surface area contributed by atoms with E-state index in [0.29, 0.717) is 11.3 Å². The smallest absolute Gasteiger partial charge is 0.184 e. The monoisotopic (exact) mass is 266 g/mol. The predicted molar refractivity (Wildman–Crippen MR) is 68.3 cm³/mol. The van der Waals surface area contributed by atoms with E-state index in [9.17, 15) is 4.39 Å². The highest BCUT2D eigenvalue weighted by molar-refractivity contribution is 6.30. The normalized spacial score (nSPS) is 10.4. The van der Waals surface area contributed by atoms with Gasteiger partial charge in [0.15, 0.2) is 11.6 Å². The second-order valence-electron chi connectivity index (χ2n) is 3.79. The molecule has 1 aromatic heterocycles. The van der Waals surface area contributed by atoms with Crippen molar-refractivity contribution in [3.05, 3.63) is 52.6 Å². The Bertz CT molecular complexity index is 575. The van der Waals surface area contributed by atoms with Gasteiger partial charge in [0.25, 0.3) is 0 Å². The predicted octanol–water partition coefficient (Wildman–Crippen LogP) is 3.43. The van der Waals surface area contributed by atoms with Crippen molar-refractivity contribution in [2.75, 3.05) is 0 Å². The summed E-state index contributed by atoms with van der Waals surface area (Å²) in [6, 6.07) is 6.31. The number of nitrogens with zero attached hydrogens (tertiary/aromatic N) is 1. The van der Waals surface area contributed by atoms with Gasteiger partial charge in [-0.3, -0.25) is 4.98 Å². The molecule has 0 fully saturated rings. The molecule has 0 aliphatic carbocycles. The van der Waals surface area contributed by atoms with E-state index in [1.54, 1.807) is 18.3 Å². The van der Waals surface area contributed by atoms with Crippen molar-refractivity contribution in [2.45, 2.75) is 13.5 Å². The van der Waals surface area contributed by atoms with Crippen LogP contribution in [0.1, 0.15) is 11.3 Å². The van der Waals surface area contributed by atoms with Crippen LogP contribution in [0, 0.1) is 12.7 Å². The molecule has 2 rings (SSSR count). The summed E-state index contributed by atoms with van der Waals surface area (Å²) in [6.45, 7) is 2.09. The van der Waals surface area contributed by atoms with E-state index in [4.69, 9.17) is 22.1 Å². The minimum absolute atomic E-state index is 0.0209. The molecule has 0 saturated heterocycles. The summed E-state index contributed by atoms with van der Waals surface area (Å²) < 4.78 is 19.2. The van der Waals surface area contributed by atoms with Crippen LogP contribution in [0.5, 0.6) is 11.5 Å². The Morgan fingerprint density at radius 3 is 2.89 bits per heavy atom. The minimum Gasteiger partial charge on any atom is -0.454 e. The zero-order chi connectivity index (χ0) is 13.1. The van der Waals surface area contributed by atoms with E-state index in [1.165, 1.54) is 12.1 Å². The van der Waals surface area contributed by atoms with Gasteiger partial charge < -0.3 is 10.5 Å². The van der Waals surface area contributed by atoms with Crippen molar-refractivity contribution >= 4 is 11.6 Å². The summed E-state index contributed by atoms with van der Waals surface area (Å²) >= 11 is 5.69. The van der Waals surface area contributed by atoms with Crippen LogP contribution >= 0.6 is 11.6 Å². The molecule has 1 aromatic carbocycles. The van der Waals surface area contributed by atoms with Gasteiger partial charge in [0.1, 0.15) is 5.75 Å². The lowest BCUT2D eigenvalue weighted by Crippen LogP contribution is -2.01. The molecule has 5 heteroatoms. The fraction of sp³-hybridized carbons (Fsp3) is 0.154. The van der Waals surface area contributed by atoms with Crippen LogP contribution in [0.25, 0.3) is 0 Å². The molecule has 2 N–H and O–H groups in total. The third-order valence-electron chi connectivity index (χ3n) is 2.44. The molecule has 3 nitrogen and oxygen atoms in total. The van der Waals surface area contributed by atoms with Gasteiger partial charge in [-0.25, -0.2) is 4.39 Å². The molecular weight excluding hydrogens is 255 g/mol. The van der Waals surface area contributed by atoms with E-state index in [0.717, 1.165) is 5.69 Å². The molecule has 0 amide bonds. The molecule has 0 bridgehead atoms. The van der Waals surface area contributed by atoms with Crippen molar-refractivity contribution < 1.29 is 9.13 Å². The zero-order valence-corrected chi connectivity index (χ0v) is 10.5. The maximum atomic E-state index is 13.7. The van der Waals surface area contributed by atoms with Crippen LogP contribution < -0.4 is 10.5 Å². The fourth-order valence-electron chi connectivity index (χ4n) is 1.49. The van der Waals surface area contributed by atoms with Crippen molar-refractivity contribution in [2.24, 2.45) is 5.73 Å². The summed E-state index contributed by atoms with van der Waals surface area (Å²) in [4.78, 5) is 4.11. The molecule has 94 valence electrons. The molecule has 1 heterocycles. The average Bonchev–Trinajstić information content (AvgIpc) is 2.35. The highest BCUT2D eigenvalue weighted by atomic mass is 35.5. The molecule has 2 aromatic rings. The van der Waals surface area contributed by atoms with E-state index >= 15 is 0 Å². The van der Waals surface area contributed by atoms with Crippen LogP contribution in [0.3, 0.4) is 0 Å². The molecule has 0 saturated carbocycles. The number of pyridine rings is 1. The van der Waals surface area contributed by atoms with Crippen LogP contribution in [0.4, 0.5) is 4.39 Å². The van der Waals surface area contributed by atoms with Gasteiger partial charge in [-0.05, 0) is 19.1 Å². The van der Waals surface area contributed by atoms with Gasteiger partial charge in [-0.1, -0.05) is 17.7 Å². The fourth-order valence-corrected chi connectivity index (χ4v) is 1.66. The average molecular weight is 267 g/mol. The lowest BCUT2D eigenvalue weighted by Gasteiger charge is -2.11. The van der Waals surface area contributed by atoms with E-state index in [-0.39, 0.29) is 17.3 Å². The maximum Gasteiger partial charge on any atom is 0.184 e. The second kappa shape index (κ2) is 5.33. The zero-order valence-electron chi connectivity index (χ0n) is 9.78. The largest absolute Gasteiger partial charge is 0.454 e. The van der Waals surface area contributed by atoms with E-state index in [2.05, 4.69) is 4.98 Å². The van der Waals surface area contributed by atoms with Crippen molar-refractivity contribution in [3.8, 4) is 11.5 Å². The second-order valence-corrected chi connectivity index (χ2v) is 4.20. The van der Waals surface area contributed by atoms with Crippen LogP contribution in [0.15, 0.2) is 30.5 Å². The number of aryl methyl sites for hydroxylation is 1. The van der Waals surface area contributed by atoms with E-state index in [1.807, 2.05) is 6.92 Å². The minimum atomic E-state index is -0.586. The Morgan fingerprint density at radius 2 is 2.17 bits per heavy atom. The topological polar surface area (TPSA) is 48.1 Å².